The maximum atomic E-state index is 10.9. The fourth-order valence-corrected chi connectivity index (χ4v) is 2.74. The Morgan fingerprint density at radius 2 is 0.955 bits per heavy atom. The van der Waals surface area contributed by atoms with Gasteiger partial charge in [0, 0.05) is 57.8 Å². The van der Waals surface area contributed by atoms with Gasteiger partial charge in [0.1, 0.15) is 0 Å². The van der Waals surface area contributed by atoms with Crippen LogP contribution in [0.5, 0.6) is 0 Å². The smallest absolute Gasteiger partial charge is 0.305 e. The van der Waals surface area contributed by atoms with E-state index in [0.29, 0.717) is 6.42 Å². The van der Waals surface area contributed by atoms with Gasteiger partial charge in [-0.2, -0.15) is 0 Å². The summed E-state index contributed by atoms with van der Waals surface area (Å²) in [6.45, 7) is 2.28. The second-order valence-corrected chi connectivity index (χ2v) is 6.28. The van der Waals surface area contributed by atoms with Crippen LogP contribution in [0.3, 0.4) is 0 Å². The van der Waals surface area contributed by atoms with Crippen molar-refractivity contribution in [3.63, 3.8) is 0 Å². The molecule has 0 spiro atoms. The molecule has 0 saturated carbocycles. The van der Waals surface area contributed by atoms with Crippen molar-refractivity contribution in [2.24, 2.45) is 0 Å². The minimum atomic E-state index is -0.0651. The molecule has 0 atom stereocenters. The Hall–Kier alpha value is 1.11. The molecule has 3 heteroatoms. The van der Waals surface area contributed by atoms with Crippen molar-refractivity contribution in [3.8, 4) is 0 Å². The number of unbranched alkanes of at least 4 members (excludes halogenated alkanes) is 14. The number of hydrogen-bond acceptors (Lipinski definition) is 2. The second-order valence-electron chi connectivity index (χ2n) is 6.28. The number of esters is 1. The van der Waals surface area contributed by atoms with Crippen molar-refractivity contribution in [1.82, 2.24) is 0 Å². The van der Waals surface area contributed by atoms with Crippen LogP contribution in [0.4, 0.5) is 0 Å². The van der Waals surface area contributed by atoms with E-state index in [-0.39, 0.29) is 57.4 Å². The van der Waals surface area contributed by atoms with Crippen molar-refractivity contribution < 1.29 is 9.53 Å². The van der Waals surface area contributed by atoms with Crippen LogP contribution in [0.25, 0.3) is 0 Å². The average molecular weight is 338 g/mol. The summed E-state index contributed by atoms with van der Waals surface area (Å²) < 4.78 is 4.63. The van der Waals surface area contributed by atoms with Gasteiger partial charge in [0.05, 0.1) is 7.11 Å². The zero-order valence-corrected chi connectivity index (χ0v) is 18.8. The van der Waals surface area contributed by atoms with Crippen molar-refractivity contribution in [3.05, 3.63) is 0 Å². The number of ether oxygens (including phenoxy) is 1. The van der Waals surface area contributed by atoms with Crippen LogP contribution in [0.2, 0.25) is 0 Å². The molecule has 1 radical (unpaired) electrons. The molecule has 0 aliphatic rings. The van der Waals surface area contributed by atoms with Crippen LogP contribution in [-0.2, 0) is 9.53 Å². The minimum absolute atomic E-state index is 0. The van der Waals surface area contributed by atoms with Crippen LogP contribution in [0.15, 0.2) is 0 Å². The summed E-state index contributed by atoms with van der Waals surface area (Å²) in [4.78, 5) is 10.9. The van der Waals surface area contributed by atoms with Crippen LogP contribution in [-0.4, -0.2) is 64.5 Å². The molecule has 0 aliphatic heterocycles. The van der Waals surface area contributed by atoms with Gasteiger partial charge in [0.15, 0.2) is 0 Å². The van der Waals surface area contributed by atoms with E-state index in [2.05, 4.69) is 11.7 Å². The maximum absolute atomic E-state index is 10.9. The van der Waals surface area contributed by atoms with Crippen molar-refractivity contribution >= 4 is 57.4 Å². The van der Waals surface area contributed by atoms with E-state index in [1.54, 1.807) is 0 Å². The van der Waals surface area contributed by atoms with Crippen molar-refractivity contribution in [2.75, 3.05) is 7.11 Å². The standard InChI is InChI=1S/C19H38O2.K/c1-3-4-5-6-7-8-9-10-11-12-13-14-15-16-17-18-19(20)21-2;/h3-18H2,1-2H3;. The molecule has 0 N–H and O–H groups in total. The third-order valence-electron chi connectivity index (χ3n) is 4.21. The third-order valence-corrected chi connectivity index (χ3v) is 4.21. The molecule has 0 fully saturated rings. The second kappa shape index (κ2) is 22.1. The Morgan fingerprint density at radius 3 is 1.27 bits per heavy atom. The molecule has 0 aliphatic carbocycles. The van der Waals surface area contributed by atoms with Crippen LogP contribution >= 0.6 is 0 Å². The minimum Gasteiger partial charge on any atom is -0.469 e. The van der Waals surface area contributed by atoms with Gasteiger partial charge >= 0.3 is 5.97 Å². The first-order chi connectivity index (χ1) is 10.3. The number of hydrogen-bond donors (Lipinski definition) is 0. The van der Waals surface area contributed by atoms with E-state index in [0.717, 1.165) is 6.42 Å². The Balaban J connectivity index is 0. The SMILES string of the molecule is CCCCCCCCCCCCCCCCCC(=O)OC.[K]. The molecule has 127 valence electrons. The molecule has 0 saturated heterocycles. The van der Waals surface area contributed by atoms with E-state index >= 15 is 0 Å². The normalized spacial score (nSPS) is 10.3. The molecule has 0 aromatic heterocycles. The molecule has 0 aromatic carbocycles. The molecule has 0 aromatic rings. The van der Waals surface area contributed by atoms with Gasteiger partial charge in [-0.05, 0) is 6.42 Å². The van der Waals surface area contributed by atoms with E-state index in [9.17, 15) is 4.79 Å². The molecule has 0 amide bonds. The Morgan fingerprint density at radius 1 is 0.636 bits per heavy atom. The number of carbonyl (C=O) groups is 1. The summed E-state index contributed by atoms with van der Waals surface area (Å²) in [5.41, 5.74) is 0. The molecular formula is C19H38KO2. The average Bonchev–Trinajstić information content (AvgIpc) is 2.50. The van der Waals surface area contributed by atoms with Gasteiger partial charge in [-0.1, -0.05) is 96.8 Å². The van der Waals surface area contributed by atoms with Gasteiger partial charge in [0.2, 0.25) is 0 Å². The van der Waals surface area contributed by atoms with Gasteiger partial charge in [0.25, 0.3) is 0 Å². The fourth-order valence-electron chi connectivity index (χ4n) is 2.74. The van der Waals surface area contributed by atoms with E-state index < -0.39 is 0 Å². The predicted molar refractivity (Wildman–Crippen MR) is 97.3 cm³/mol. The fraction of sp³-hybridized carbons (Fsp3) is 0.947. The summed E-state index contributed by atoms with van der Waals surface area (Å²) in [5.74, 6) is -0.0651. The quantitative estimate of drug-likeness (QED) is 0.195. The van der Waals surface area contributed by atoms with E-state index in [1.165, 1.54) is 97.0 Å². The Labute approximate surface area is 182 Å². The first kappa shape index (κ1) is 25.3. The zero-order chi connectivity index (χ0) is 15.6. The Bertz CT molecular complexity index is 219. The van der Waals surface area contributed by atoms with Gasteiger partial charge in [-0.25, -0.2) is 0 Å². The monoisotopic (exact) mass is 337 g/mol. The topological polar surface area (TPSA) is 26.3 Å². The van der Waals surface area contributed by atoms with Crippen LogP contribution in [0, 0.1) is 0 Å². The molecular weight excluding hydrogens is 299 g/mol. The van der Waals surface area contributed by atoms with Gasteiger partial charge in [-0.3, -0.25) is 4.79 Å². The van der Waals surface area contributed by atoms with Crippen molar-refractivity contribution in [1.29, 1.82) is 0 Å². The molecule has 2 nitrogen and oxygen atoms in total. The summed E-state index contributed by atoms with van der Waals surface area (Å²) in [7, 11) is 1.47. The summed E-state index contributed by atoms with van der Waals surface area (Å²) in [6.07, 6.45) is 20.9. The van der Waals surface area contributed by atoms with Crippen LogP contribution in [0.1, 0.15) is 110 Å². The molecule has 0 bridgehead atoms. The number of rotatable bonds is 16. The first-order valence-electron chi connectivity index (χ1n) is 9.38. The largest absolute Gasteiger partial charge is 0.469 e. The van der Waals surface area contributed by atoms with E-state index in [1.807, 2.05) is 0 Å². The molecule has 0 heterocycles. The maximum Gasteiger partial charge on any atom is 0.305 e. The molecule has 22 heavy (non-hydrogen) atoms. The number of carbonyl (C=O) groups excluding carboxylic acids is 1. The predicted octanol–water partition coefficient (Wildman–Crippen LogP) is 6.04. The molecule has 0 unspecified atom stereocenters. The van der Waals surface area contributed by atoms with Gasteiger partial charge < -0.3 is 4.74 Å². The van der Waals surface area contributed by atoms with E-state index in [4.69, 9.17) is 0 Å². The number of methoxy groups -OCH3 is 1. The summed E-state index contributed by atoms with van der Waals surface area (Å²) in [6, 6.07) is 0. The Kier molecular flexibility index (Phi) is 25.5. The van der Waals surface area contributed by atoms with Crippen molar-refractivity contribution in [2.45, 2.75) is 110 Å². The molecule has 0 rings (SSSR count). The zero-order valence-electron chi connectivity index (χ0n) is 15.6. The first-order valence-corrected chi connectivity index (χ1v) is 9.38. The summed E-state index contributed by atoms with van der Waals surface area (Å²) >= 11 is 0. The summed E-state index contributed by atoms with van der Waals surface area (Å²) in [5, 5.41) is 0. The van der Waals surface area contributed by atoms with Gasteiger partial charge in [-0.15, -0.1) is 0 Å². The third kappa shape index (κ3) is 21.1. The van der Waals surface area contributed by atoms with Crippen LogP contribution < -0.4 is 0 Å².